The van der Waals surface area contributed by atoms with Gasteiger partial charge in [0, 0.05) is 39.4 Å². The van der Waals surface area contributed by atoms with Gasteiger partial charge in [-0.3, -0.25) is 9.67 Å². The molecule has 2 atom stereocenters. The first-order valence-corrected chi connectivity index (χ1v) is 10.0. The normalized spacial score (nSPS) is 20.8. The van der Waals surface area contributed by atoms with Crippen LogP contribution in [0.3, 0.4) is 0 Å². The monoisotopic (exact) mass is 367 g/mol. The van der Waals surface area contributed by atoms with Crippen molar-refractivity contribution in [3.8, 4) is 0 Å². The van der Waals surface area contributed by atoms with Gasteiger partial charge >= 0.3 is 0 Å². The molecule has 0 saturated carbocycles. The van der Waals surface area contributed by atoms with Crippen LogP contribution >= 0.6 is 0 Å². The average Bonchev–Trinajstić information content (AvgIpc) is 2.91. The molecule has 1 aromatic heterocycles. The van der Waals surface area contributed by atoms with E-state index in [2.05, 4.69) is 71.4 Å². The molecule has 5 heteroatoms. The molecule has 2 aromatic rings. The lowest BCUT2D eigenvalue weighted by atomic mass is 9.82. The van der Waals surface area contributed by atoms with Crippen molar-refractivity contribution >= 4 is 5.96 Å². The lowest BCUT2D eigenvalue weighted by Crippen LogP contribution is -2.48. The molecule has 1 fully saturated rings. The van der Waals surface area contributed by atoms with Crippen LogP contribution in [0.1, 0.15) is 41.8 Å². The number of guanidine groups is 1. The molecule has 27 heavy (non-hydrogen) atoms. The predicted molar refractivity (Wildman–Crippen MR) is 112 cm³/mol. The second-order valence-electron chi connectivity index (χ2n) is 7.73. The Morgan fingerprint density at radius 2 is 2.00 bits per heavy atom. The number of benzene rings is 1. The van der Waals surface area contributed by atoms with Gasteiger partial charge in [0.2, 0.25) is 0 Å². The molecule has 0 radical (unpaired) electrons. The first-order valence-electron chi connectivity index (χ1n) is 10.0. The molecule has 0 bridgehead atoms. The number of nitrogens with one attached hydrogen (secondary N) is 1. The Hall–Kier alpha value is -2.30. The molecule has 1 N–H and O–H groups in total. The maximum absolute atomic E-state index is 4.54. The number of likely N-dealkylation sites (tertiary alicyclic amines) is 1. The number of hydrogen-bond acceptors (Lipinski definition) is 2. The van der Waals surface area contributed by atoms with Gasteiger partial charge in [-0.2, -0.15) is 5.10 Å². The van der Waals surface area contributed by atoms with E-state index in [0.29, 0.717) is 11.8 Å². The quantitative estimate of drug-likeness (QED) is 0.666. The average molecular weight is 368 g/mol. The van der Waals surface area contributed by atoms with Crippen LogP contribution in [0.15, 0.2) is 35.3 Å². The van der Waals surface area contributed by atoms with E-state index in [1.54, 1.807) is 0 Å². The summed E-state index contributed by atoms with van der Waals surface area (Å²) in [5.41, 5.74) is 5.19. The van der Waals surface area contributed by atoms with E-state index in [9.17, 15) is 0 Å². The topological polar surface area (TPSA) is 45.5 Å². The minimum absolute atomic E-state index is 0.613. The molecule has 1 aliphatic rings. The van der Waals surface area contributed by atoms with Crippen LogP contribution in [0.25, 0.3) is 0 Å². The highest BCUT2D eigenvalue weighted by atomic mass is 15.3. The highest BCUT2D eigenvalue weighted by Gasteiger charge is 2.28. The Kier molecular flexibility index (Phi) is 6.19. The van der Waals surface area contributed by atoms with E-state index >= 15 is 0 Å². The fourth-order valence-electron chi connectivity index (χ4n) is 4.34. The van der Waals surface area contributed by atoms with Gasteiger partial charge in [0.1, 0.15) is 0 Å². The second-order valence-corrected chi connectivity index (χ2v) is 7.73. The van der Waals surface area contributed by atoms with Crippen molar-refractivity contribution < 1.29 is 0 Å². The molecule has 146 valence electrons. The number of piperidine rings is 1. The Morgan fingerprint density at radius 1 is 1.26 bits per heavy atom. The van der Waals surface area contributed by atoms with Gasteiger partial charge in [-0.15, -0.1) is 0 Å². The Morgan fingerprint density at radius 3 is 2.59 bits per heavy atom. The zero-order valence-corrected chi connectivity index (χ0v) is 17.4. The van der Waals surface area contributed by atoms with Crippen LogP contribution in [0.2, 0.25) is 0 Å². The summed E-state index contributed by atoms with van der Waals surface area (Å²) in [5, 5.41) is 8.08. The van der Waals surface area contributed by atoms with Crippen LogP contribution in [0.4, 0.5) is 0 Å². The number of hydrogen-bond donors (Lipinski definition) is 1. The van der Waals surface area contributed by atoms with Crippen molar-refractivity contribution in [2.24, 2.45) is 18.0 Å². The molecule has 5 nitrogen and oxygen atoms in total. The summed E-state index contributed by atoms with van der Waals surface area (Å²) < 4.78 is 1.97. The molecule has 3 rings (SSSR count). The van der Waals surface area contributed by atoms with Crippen molar-refractivity contribution in [3.05, 3.63) is 52.8 Å². The van der Waals surface area contributed by atoms with Crippen molar-refractivity contribution in [1.29, 1.82) is 0 Å². The highest BCUT2D eigenvalue weighted by Crippen LogP contribution is 2.32. The minimum atomic E-state index is 0.613. The molecule has 2 heterocycles. The maximum Gasteiger partial charge on any atom is 0.193 e. The molecule has 1 saturated heterocycles. The highest BCUT2D eigenvalue weighted by molar-refractivity contribution is 5.80. The summed E-state index contributed by atoms with van der Waals surface area (Å²) in [6.45, 7) is 9.57. The van der Waals surface area contributed by atoms with Gasteiger partial charge in [-0.1, -0.05) is 37.3 Å². The molecule has 1 aromatic carbocycles. The number of rotatable bonds is 4. The van der Waals surface area contributed by atoms with Crippen LogP contribution < -0.4 is 5.32 Å². The third-order valence-electron chi connectivity index (χ3n) is 5.96. The molecule has 0 amide bonds. The van der Waals surface area contributed by atoms with Crippen LogP contribution in [-0.2, 0) is 13.5 Å². The number of aromatic nitrogens is 2. The minimum Gasteiger partial charge on any atom is -0.356 e. The summed E-state index contributed by atoms with van der Waals surface area (Å²) in [7, 11) is 3.90. The van der Waals surface area contributed by atoms with Crippen LogP contribution in [-0.4, -0.2) is 47.3 Å². The third-order valence-corrected chi connectivity index (χ3v) is 5.96. The summed E-state index contributed by atoms with van der Waals surface area (Å²) in [4.78, 5) is 6.95. The summed E-state index contributed by atoms with van der Waals surface area (Å²) in [6, 6.07) is 10.9. The van der Waals surface area contributed by atoms with Crippen LogP contribution in [0, 0.1) is 19.8 Å². The third kappa shape index (κ3) is 4.34. The SMILES string of the molecule is CN=C(NCCc1c(C)nn(C)c1C)N1CCC(c2ccccc2)C(C)C1. The molecule has 0 aliphatic carbocycles. The fraction of sp³-hybridized carbons (Fsp3) is 0.545. The van der Waals surface area contributed by atoms with Gasteiger partial charge in [-0.25, -0.2) is 0 Å². The molecular formula is C22H33N5. The summed E-state index contributed by atoms with van der Waals surface area (Å²) in [6.07, 6.45) is 2.15. The van der Waals surface area contributed by atoms with E-state index in [1.165, 1.54) is 23.2 Å². The lowest BCUT2D eigenvalue weighted by molar-refractivity contribution is 0.234. The van der Waals surface area contributed by atoms with E-state index < -0.39 is 0 Å². The van der Waals surface area contributed by atoms with E-state index in [-0.39, 0.29) is 0 Å². The molecular weight excluding hydrogens is 334 g/mol. The lowest BCUT2D eigenvalue weighted by Gasteiger charge is -2.39. The first kappa shape index (κ1) is 19.5. The van der Waals surface area contributed by atoms with Crippen molar-refractivity contribution in [1.82, 2.24) is 20.0 Å². The Balaban J connectivity index is 1.56. The Bertz CT molecular complexity index is 778. The molecule has 0 spiro atoms. The van der Waals surface area contributed by atoms with Gasteiger partial charge in [0.15, 0.2) is 5.96 Å². The van der Waals surface area contributed by atoms with E-state index in [1.807, 2.05) is 18.8 Å². The zero-order chi connectivity index (χ0) is 19.4. The zero-order valence-electron chi connectivity index (χ0n) is 17.4. The standard InChI is InChI=1S/C22H33N5/c1-16-15-27(14-12-20(16)19-9-7-6-8-10-19)22(23-4)24-13-11-21-17(2)25-26(5)18(21)3/h6-10,16,20H,11-15H2,1-5H3,(H,23,24). The first-order chi connectivity index (χ1) is 13.0. The van der Waals surface area contributed by atoms with Crippen molar-refractivity contribution in [2.45, 2.75) is 39.5 Å². The molecule has 1 aliphatic heterocycles. The summed E-state index contributed by atoms with van der Waals surface area (Å²) >= 11 is 0. The largest absolute Gasteiger partial charge is 0.356 e. The van der Waals surface area contributed by atoms with Gasteiger partial charge < -0.3 is 10.2 Å². The van der Waals surface area contributed by atoms with Gasteiger partial charge in [-0.05, 0) is 49.7 Å². The second kappa shape index (κ2) is 8.59. The molecule has 2 unspecified atom stereocenters. The predicted octanol–water partition coefficient (Wildman–Crippen LogP) is 3.28. The number of nitrogens with zero attached hydrogens (tertiary/aromatic N) is 4. The van der Waals surface area contributed by atoms with Crippen LogP contribution in [0.5, 0.6) is 0 Å². The number of aliphatic imine (C=N–C) groups is 1. The summed E-state index contributed by atoms with van der Waals surface area (Å²) in [5.74, 6) is 2.27. The van der Waals surface area contributed by atoms with E-state index in [0.717, 1.165) is 37.7 Å². The fourth-order valence-corrected chi connectivity index (χ4v) is 4.34. The van der Waals surface area contributed by atoms with Crippen molar-refractivity contribution in [2.75, 3.05) is 26.7 Å². The maximum atomic E-state index is 4.54. The Labute approximate surface area is 163 Å². The smallest absolute Gasteiger partial charge is 0.193 e. The van der Waals surface area contributed by atoms with Gasteiger partial charge in [0.05, 0.1) is 5.69 Å². The van der Waals surface area contributed by atoms with Gasteiger partial charge in [0.25, 0.3) is 0 Å². The number of aryl methyl sites for hydroxylation is 2. The van der Waals surface area contributed by atoms with Crippen molar-refractivity contribution in [3.63, 3.8) is 0 Å². The van der Waals surface area contributed by atoms with E-state index in [4.69, 9.17) is 0 Å².